The standard InChI is InChI=1S/2C15H15N2.2C4H8O.Mg/c2*1-12-7-3-5-9-14(12)16-11-17-15-10-6-4-8-13(15)2;2*1-2-4-5-3-1;/h2*3-11H,1-2H3;2*1-4H2;/q2*-1;;;+2. The molecule has 0 bridgehead atoms. The predicted molar refractivity (Wildman–Crippen MR) is 193 cm³/mol. The van der Waals surface area contributed by atoms with Crippen LogP contribution in [0.15, 0.2) is 107 Å². The van der Waals surface area contributed by atoms with Gasteiger partial charge in [-0.1, -0.05) is 110 Å². The molecule has 7 heteroatoms. The Balaban J connectivity index is 0.000000235. The van der Waals surface area contributed by atoms with Gasteiger partial charge in [0, 0.05) is 26.4 Å². The molecule has 6 rings (SSSR count). The van der Waals surface area contributed by atoms with Gasteiger partial charge in [-0.3, -0.25) is 0 Å². The minimum Gasteiger partial charge on any atom is -0.443 e. The summed E-state index contributed by atoms with van der Waals surface area (Å²) in [6, 6.07) is 32.1. The molecular weight excluding hydrogens is 569 g/mol. The van der Waals surface area contributed by atoms with Crippen molar-refractivity contribution >= 4 is 58.5 Å². The summed E-state index contributed by atoms with van der Waals surface area (Å²) in [5.74, 6) is 0. The number of nitrogens with zero attached hydrogens (tertiary/aromatic N) is 4. The summed E-state index contributed by atoms with van der Waals surface area (Å²) >= 11 is 0. The molecule has 0 N–H and O–H groups in total. The van der Waals surface area contributed by atoms with E-state index in [-0.39, 0.29) is 23.1 Å². The van der Waals surface area contributed by atoms with E-state index < -0.39 is 0 Å². The number of rotatable bonds is 6. The molecule has 45 heavy (non-hydrogen) atoms. The summed E-state index contributed by atoms with van der Waals surface area (Å²) in [6.07, 6.45) is 8.34. The normalized spacial score (nSPS) is 13.4. The molecule has 0 unspecified atom stereocenters. The van der Waals surface area contributed by atoms with Crippen molar-refractivity contribution in [3.05, 3.63) is 130 Å². The molecule has 0 spiro atoms. The molecule has 2 heterocycles. The summed E-state index contributed by atoms with van der Waals surface area (Å²) < 4.78 is 9.89. The zero-order valence-electron chi connectivity index (χ0n) is 27.4. The first-order valence-electron chi connectivity index (χ1n) is 15.4. The third kappa shape index (κ3) is 15.4. The molecule has 2 saturated heterocycles. The van der Waals surface area contributed by atoms with E-state index in [0.717, 1.165) is 71.4 Å². The Hall–Kier alpha value is -3.49. The third-order valence-corrected chi connectivity index (χ3v) is 6.90. The smallest absolute Gasteiger partial charge is 0.443 e. The van der Waals surface area contributed by atoms with E-state index in [1.54, 1.807) is 12.7 Å². The van der Waals surface area contributed by atoms with E-state index in [1.165, 1.54) is 25.7 Å². The van der Waals surface area contributed by atoms with E-state index >= 15 is 0 Å². The van der Waals surface area contributed by atoms with Gasteiger partial charge in [0.05, 0.1) is 0 Å². The Labute approximate surface area is 286 Å². The van der Waals surface area contributed by atoms with E-state index in [1.807, 2.05) is 125 Å². The molecule has 232 valence electrons. The molecule has 0 saturated carbocycles. The molecule has 0 atom stereocenters. The van der Waals surface area contributed by atoms with Crippen molar-refractivity contribution in [1.82, 2.24) is 0 Å². The summed E-state index contributed by atoms with van der Waals surface area (Å²) in [4.78, 5) is 8.70. The second kappa shape index (κ2) is 22.9. The number of aliphatic imine (C=N–C) groups is 2. The van der Waals surface area contributed by atoms with Crippen LogP contribution in [0.5, 0.6) is 0 Å². The van der Waals surface area contributed by atoms with Crippen LogP contribution >= 0.6 is 0 Å². The summed E-state index contributed by atoms with van der Waals surface area (Å²) in [6.45, 7) is 12.2. The largest absolute Gasteiger partial charge is 2.00 e. The van der Waals surface area contributed by atoms with Gasteiger partial charge in [0.1, 0.15) is 0 Å². The van der Waals surface area contributed by atoms with Gasteiger partial charge in [-0.2, -0.15) is 0 Å². The van der Waals surface area contributed by atoms with Crippen LogP contribution in [-0.4, -0.2) is 62.2 Å². The maximum absolute atomic E-state index is 4.94. The van der Waals surface area contributed by atoms with Crippen LogP contribution in [0.4, 0.5) is 22.7 Å². The molecule has 2 fully saturated rings. The van der Waals surface area contributed by atoms with Crippen LogP contribution in [0.25, 0.3) is 10.6 Å². The molecule has 0 radical (unpaired) electrons. The summed E-state index contributed by atoms with van der Waals surface area (Å²) in [5.41, 5.74) is 8.48. The van der Waals surface area contributed by atoms with Crippen LogP contribution in [0, 0.1) is 27.7 Å². The average Bonchev–Trinajstić information content (AvgIpc) is 3.82. The summed E-state index contributed by atoms with van der Waals surface area (Å²) in [7, 11) is 0. The topological polar surface area (TPSA) is 71.4 Å². The second-order valence-electron chi connectivity index (χ2n) is 10.5. The fourth-order valence-electron chi connectivity index (χ4n) is 4.16. The fourth-order valence-corrected chi connectivity index (χ4v) is 4.16. The molecule has 2 aliphatic rings. The predicted octanol–water partition coefficient (Wildman–Crippen LogP) is 10.6. The monoisotopic (exact) mass is 614 g/mol. The Morgan fingerprint density at radius 1 is 0.467 bits per heavy atom. The first-order valence-corrected chi connectivity index (χ1v) is 15.4. The van der Waals surface area contributed by atoms with Crippen molar-refractivity contribution in [2.75, 3.05) is 26.4 Å². The number of benzene rings is 4. The molecule has 2 aliphatic heterocycles. The van der Waals surface area contributed by atoms with Crippen molar-refractivity contribution in [3.63, 3.8) is 0 Å². The SMILES string of the molecule is C1CCOC1.C1CCOC1.Cc1ccccc1N=C[N-]c1ccccc1C.Cc1ccccc1N=C[N-]c1ccccc1C.[Mg+2]. The zero-order valence-corrected chi connectivity index (χ0v) is 28.8. The Kier molecular flexibility index (Phi) is 19.2. The molecule has 0 amide bonds. The van der Waals surface area contributed by atoms with Gasteiger partial charge in [0.2, 0.25) is 0 Å². The Morgan fingerprint density at radius 3 is 1.07 bits per heavy atom. The molecule has 4 aromatic rings. The van der Waals surface area contributed by atoms with Crippen LogP contribution in [-0.2, 0) is 9.47 Å². The summed E-state index contributed by atoms with van der Waals surface area (Å²) in [5, 5.41) is 8.70. The van der Waals surface area contributed by atoms with Gasteiger partial charge in [0.25, 0.3) is 0 Å². The molecular formula is C38H46MgN4O2. The van der Waals surface area contributed by atoms with Crippen molar-refractivity contribution in [2.24, 2.45) is 9.98 Å². The van der Waals surface area contributed by atoms with Crippen LogP contribution in [0.3, 0.4) is 0 Å². The quantitative estimate of drug-likeness (QED) is 0.123. The second-order valence-corrected chi connectivity index (χ2v) is 10.5. The third-order valence-electron chi connectivity index (χ3n) is 6.90. The number of aryl methyl sites for hydroxylation is 4. The maximum atomic E-state index is 4.94. The number of para-hydroxylation sites is 4. The first-order chi connectivity index (χ1) is 21.5. The van der Waals surface area contributed by atoms with E-state index in [4.69, 9.17) is 9.47 Å². The van der Waals surface area contributed by atoms with Gasteiger partial charge in [0.15, 0.2) is 0 Å². The minimum absolute atomic E-state index is 0. The van der Waals surface area contributed by atoms with Crippen molar-refractivity contribution in [3.8, 4) is 0 Å². The Bertz CT molecular complexity index is 1310. The number of ether oxygens (including phenoxy) is 2. The van der Waals surface area contributed by atoms with E-state index in [0.29, 0.717) is 0 Å². The minimum atomic E-state index is 0. The van der Waals surface area contributed by atoms with E-state index in [9.17, 15) is 0 Å². The van der Waals surface area contributed by atoms with Crippen molar-refractivity contribution < 1.29 is 9.47 Å². The van der Waals surface area contributed by atoms with Gasteiger partial charge < -0.3 is 30.1 Å². The molecule has 6 nitrogen and oxygen atoms in total. The van der Waals surface area contributed by atoms with Gasteiger partial charge >= 0.3 is 23.1 Å². The van der Waals surface area contributed by atoms with Gasteiger partial charge in [-0.15, -0.1) is 0 Å². The maximum Gasteiger partial charge on any atom is 2.00 e. The zero-order chi connectivity index (χ0) is 31.2. The van der Waals surface area contributed by atoms with Crippen LogP contribution < -0.4 is 0 Å². The van der Waals surface area contributed by atoms with Crippen LogP contribution in [0.1, 0.15) is 47.9 Å². The Morgan fingerprint density at radius 2 is 0.778 bits per heavy atom. The fraction of sp³-hybridized carbons (Fsp3) is 0.316. The molecule has 0 aromatic heterocycles. The van der Waals surface area contributed by atoms with Gasteiger partial charge in [-0.25, -0.2) is 0 Å². The molecule has 0 aliphatic carbocycles. The number of hydrogen-bond donors (Lipinski definition) is 0. The van der Waals surface area contributed by atoms with Crippen molar-refractivity contribution in [1.29, 1.82) is 0 Å². The van der Waals surface area contributed by atoms with Crippen LogP contribution in [0.2, 0.25) is 0 Å². The molecule has 4 aromatic carbocycles. The van der Waals surface area contributed by atoms with E-state index in [2.05, 4.69) is 20.6 Å². The van der Waals surface area contributed by atoms with Gasteiger partial charge in [-0.05, 0) is 98.4 Å². The first kappa shape index (κ1) is 37.7. The van der Waals surface area contributed by atoms with Crippen molar-refractivity contribution in [2.45, 2.75) is 53.4 Å². The number of hydrogen-bond acceptors (Lipinski definition) is 4. The average molecular weight is 615 g/mol.